The summed E-state index contributed by atoms with van der Waals surface area (Å²) in [5, 5.41) is 0. The normalized spacial score (nSPS) is 10.1. The quantitative estimate of drug-likeness (QED) is 0.841. The van der Waals surface area contributed by atoms with Gasteiger partial charge in [-0.25, -0.2) is 4.39 Å². The van der Waals surface area contributed by atoms with Gasteiger partial charge >= 0.3 is 0 Å². The minimum atomic E-state index is -0.480. The number of methoxy groups -OCH3 is 1. The van der Waals surface area contributed by atoms with Crippen LogP contribution in [-0.4, -0.2) is 12.1 Å². The lowest BCUT2D eigenvalue weighted by molar-refractivity contribution is 0.387. The van der Waals surface area contributed by atoms with Gasteiger partial charge in [-0.05, 0) is 12.1 Å². The van der Waals surface area contributed by atoms with E-state index in [-0.39, 0.29) is 11.2 Å². The van der Waals surface area contributed by atoms with Crippen molar-refractivity contribution in [2.24, 2.45) is 0 Å². The lowest BCUT2D eigenvalue weighted by atomic mass is 10.1. The molecule has 0 aliphatic heterocycles. The van der Waals surface area contributed by atoms with Crippen molar-refractivity contribution < 1.29 is 9.13 Å². The summed E-state index contributed by atoms with van der Waals surface area (Å²) in [7, 11) is 1.40. The van der Waals surface area contributed by atoms with Gasteiger partial charge in [-0.15, -0.1) is 0 Å². The number of aromatic nitrogens is 1. The third kappa shape index (κ3) is 1.82. The van der Waals surface area contributed by atoms with Crippen molar-refractivity contribution in [1.29, 1.82) is 0 Å². The van der Waals surface area contributed by atoms with E-state index in [1.54, 1.807) is 12.1 Å². The van der Waals surface area contributed by atoms with Gasteiger partial charge in [-0.3, -0.25) is 4.79 Å². The summed E-state index contributed by atoms with van der Waals surface area (Å²) in [6, 6.07) is 7.50. The Hall–Kier alpha value is -2.10. The molecule has 0 bridgehead atoms. The smallest absolute Gasteiger partial charge is 0.182 e. The van der Waals surface area contributed by atoms with E-state index in [1.807, 2.05) is 0 Å². The lowest BCUT2D eigenvalue weighted by Crippen LogP contribution is -1.99. The molecule has 1 aromatic heterocycles. The summed E-state index contributed by atoms with van der Waals surface area (Å²) >= 11 is 0. The molecule has 16 heavy (non-hydrogen) atoms. The summed E-state index contributed by atoms with van der Waals surface area (Å²) in [4.78, 5) is 14.0. The fourth-order valence-electron chi connectivity index (χ4n) is 1.48. The van der Waals surface area contributed by atoms with E-state index < -0.39 is 5.82 Å². The number of aromatic amines is 1. The van der Waals surface area contributed by atoms with Crippen molar-refractivity contribution >= 4 is 0 Å². The van der Waals surface area contributed by atoms with Crippen LogP contribution in [0, 0.1) is 5.82 Å². The van der Waals surface area contributed by atoms with Crippen molar-refractivity contribution in [3.63, 3.8) is 0 Å². The van der Waals surface area contributed by atoms with E-state index in [9.17, 15) is 9.18 Å². The van der Waals surface area contributed by atoms with Gasteiger partial charge in [0.15, 0.2) is 17.0 Å². The molecule has 0 aliphatic carbocycles. The topological polar surface area (TPSA) is 42.1 Å². The second kappa shape index (κ2) is 4.18. The Balaban J connectivity index is 2.60. The van der Waals surface area contributed by atoms with Gasteiger partial charge in [0.05, 0.1) is 12.8 Å². The van der Waals surface area contributed by atoms with Crippen LogP contribution >= 0.6 is 0 Å². The zero-order chi connectivity index (χ0) is 11.5. The molecule has 0 aliphatic rings. The fraction of sp³-hybridized carbons (Fsp3) is 0.0833. The minimum absolute atomic E-state index is 0.155. The van der Waals surface area contributed by atoms with Crippen LogP contribution in [0.15, 0.2) is 41.3 Å². The van der Waals surface area contributed by atoms with Gasteiger partial charge in [-0.1, -0.05) is 6.07 Å². The Morgan fingerprint density at radius 2 is 2.12 bits per heavy atom. The number of rotatable bonds is 2. The molecule has 3 nitrogen and oxygen atoms in total. The van der Waals surface area contributed by atoms with E-state index in [2.05, 4.69) is 4.98 Å². The average molecular weight is 219 g/mol. The number of benzene rings is 1. The maximum absolute atomic E-state index is 13.8. The molecule has 2 aromatic rings. The van der Waals surface area contributed by atoms with E-state index in [4.69, 9.17) is 4.74 Å². The molecule has 0 fully saturated rings. The molecule has 4 heteroatoms. The molecule has 82 valence electrons. The highest BCUT2D eigenvalue weighted by Crippen LogP contribution is 2.26. The Morgan fingerprint density at radius 3 is 2.81 bits per heavy atom. The Bertz CT molecular complexity index is 563. The summed E-state index contributed by atoms with van der Waals surface area (Å²) in [6.07, 6.45) is 1.48. The number of pyridine rings is 1. The van der Waals surface area contributed by atoms with Crippen LogP contribution in [0.4, 0.5) is 4.39 Å². The summed E-state index contributed by atoms with van der Waals surface area (Å²) in [5.41, 5.74) is 0.580. The first-order valence-corrected chi connectivity index (χ1v) is 4.74. The zero-order valence-corrected chi connectivity index (χ0v) is 8.66. The molecule has 1 aromatic carbocycles. The van der Waals surface area contributed by atoms with Crippen molar-refractivity contribution in [2.75, 3.05) is 7.11 Å². The van der Waals surface area contributed by atoms with Crippen LogP contribution in [0.2, 0.25) is 0 Å². The monoisotopic (exact) mass is 219 g/mol. The first-order chi connectivity index (χ1) is 7.72. The number of H-pyrrole nitrogens is 1. The second-order valence-corrected chi connectivity index (χ2v) is 3.26. The van der Waals surface area contributed by atoms with Crippen LogP contribution in [0.5, 0.6) is 5.75 Å². The van der Waals surface area contributed by atoms with Crippen molar-refractivity contribution in [3.8, 4) is 17.0 Å². The molecule has 0 saturated heterocycles. The molecule has 2 rings (SSSR count). The molecule has 0 atom stereocenters. The molecule has 1 N–H and O–H groups in total. The van der Waals surface area contributed by atoms with E-state index in [0.717, 1.165) is 0 Å². The van der Waals surface area contributed by atoms with Crippen LogP contribution < -0.4 is 10.2 Å². The second-order valence-electron chi connectivity index (χ2n) is 3.26. The maximum atomic E-state index is 13.8. The number of hydrogen-bond donors (Lipinski definition) is 1. The summed E-state index contributed by atoms with van der Waals surface area (Å²) < 4.78 is 18.7. The highest BCUT2D eigenvalue weighted by molar-refractivity contribution is 5.61. The standard InChI is InChI=1S/C12H10FNO2/c1-16-11-4-2-3-9(12(11)13)10-7-8(15)5-6-14-10/h2-7H,1H3,(H,14,15). The molecular formula is C12H10FNO2. The predicted octanol–water partition coefficient (Wildman–Crippen LogP) is 2.19. The van der Waals surface area contributed by atoms with Gasteiger partial charge in [0, 0.05) is 23.9 Å². The van der Waals surface area contributed by atoms with Crippen molar-refractivity contribution in [2.45, 2.75) is 0 Å². The third-order valence-electron chi connectivity index (χ3n) is 2.25. The SMILES string of the molecule is COc1cccc(-c2cc(=O)cc[nH]2)c1F. The maximum Gasteiger partial charge on any atom is 0.182 e. The number of halogens is 1. The Labute approximate surface area is 91.5 Å². The van der Waals surface area contributed by atoms with E-state index in [0.29, 0.717) is 11.3 Å². The number of nitrogens with one attached hydrogen (secondary N) is 1. The van der Waals surface area contributed by atoms with Gasteiger partial charge < -0.3 is 9.72 Å². The van der Waals surface area contributed by atoms with Gasteiger partial charge in [0.25, 0.3) is 0 Å². The number of ether oxygens (including phenoxy) is 1. The molecule has 0 amide bonds. The molecule has 0 radical (unpaired) electrons. The van der Waals surface area contributed by atoms with Gasteiger partial charge in [-0.2, -0.15) is 0 Å². The Kier molecular flexibility index (Phi) is 2.72. The highest BCUT2D eigenvalue weighted by atomic mass is 19.1. The summed E-state index contributed by atoms with van der Waals surface area (Å²) in [5.74, 6) is -0.325. The fourth-order valence-corrected chi connectivity index (χ4v) is 1.48. The highest BCUT2D eigenvalue weighted by Gasteiger charge is 2.10. The lowest BCUT2D eigenvalue weighted by Gasteiger charge is -2.06. The van der Waals surface area contributed by atoms with E-state index >= 15 is 0 Å². The molecule has 0 spiro atoms. The third-order valence-corrected chi connectivity index (χ3v) is 2.25. The molecule has 0 saturated carbocycles. The molecule has 1 heterocycles. The van der Waals surface area contributed by atoms with Crippen molar-refractivity contribution in [1.82, 2.24) is 4.98 Å². The average Bonchev–Trinajstić information content (AvgIpc) is 2.29. The largest absolute Gasteiger partial charge is 0.494 e. The molecular weight excluding hydrogens is 209 g/mol. The van der Waals surface area contributed by atoms with Crippen LogP contribution in [0.3, 0.4) is 0 Å². The summed E-state index contributed by atoms with van der Waals surface area (Å²) in [6.45, 7) is 0. The van der Waals surface area contributed by atoms with Crippen LogP contribution in [0.1, 0.15) is 0 Å². The first-order valence-electron chi connectivity index (χ1n) is 4.74. The van der Waals surface area contributed by atoms with Crippen molar-refractivity contribution in [3.05, 3.63) is 52.6 Å². The Morgan fingerprint density at radius 1 is 1.31 bits per heavy atom. The predicted molar refractivity (Wildman–Crippen MR) is 59.0 cm³/mol. The first kappa shape index (κ1) is 10.4. The molecule has 0 unspecified atom stereocenters. The zero-order valence-electron chi connectivity index (χ0n) is 8.66. The van der Waals surface area contributed by atoms with Crippen LogP contribution in [-0.2, 0) is 0 Å². The minimum Gasteiger partial charge on any atom is -0.494 e. The van der Waals surface area contributed by atoms with Crippen LogP contribution in [0.25, 0.3) is 11.3 Å². The van der Waals surface area contributed by atoms with Gasteiger partial charge in [0.1, 0.15) is 0 Å². The van der Waals surface area contributed by atoms with Gasteiger partial charge in [0.2, 0.25) is 0 Å². The number of hydrogen-bond acceptors (Lipinski definition) is 2. The van der Waals surface area contributed by atoms with E-state index in [1.165, 1.54) is 31.5 Å².